The van der Waals surface area contributed by atoms with E-state index < -0.39 is 24.7 Å². The minimum absolute atomic E-state index is 0.280. The van der Waals surface area contributed by atoms with E-state index in [1.165, 1.54) is 18.5 Å². The molecule has 1 atom stereocenters. The van der Waals surface area contributed by atoms with Gasteiger partial charge in [0, 0.05) is 29.5 Å². The molecule has 0 saturated carbocycles. The van der Waals surface area contributed by atoms with Crippen molar-refractivity contribution in [1.29, 1.82) is 0 Å². The SMILES string of the molecule is CC(C)C(Nc1ccnc(-c2c[nH]c3ncc(Cl)cc23)n1)C(=O)NCC(F)(F)F. The van der Waals surface area contributed by atoms with Crippen molar-refractivity contribution in [3.8, 4) is 11.4 Å². The standard InChI is InChI=1S/C18H18ClF3N6O/c1-9(2)14(17(29)26-8-18(20,21)22)27-13-3-4-23-16(28-13)12-7-25-15-11(12)5-10(19)6-24-15/h3-7,9,14H,8H2,1-2H3,(H,24,25)(H,26,29)(H,23,27,28). The Labute approximate surface area is 169 Å². The van der Waals surface area contributed by atoms with Gasteiger partial charge in [-0.3, -0.25) is 4.79 Å². The maximum absolute atomic E-state index is 12.4. The average molecular weight is 427 g/mol. The van der Waals surface area contributed by atoms with E-state index in [2.05, 4.69) is 25.3 Å². The first-order valence-electron chi connectivity index (χ1n) is 8.71. The van der Waals surface area contributed by atoms with E-state index in [0.29, 0.717) is 27.9 Å². The van der Waals surface area contributed by atoms with E-state index >= 15 is 0 Å². The number of anilines is 1. The summed E-state index contributed by atoms with van der Waals surface area (Å²) in [5.74, 6) is -0.387. The molecule has 0 spiro atoms. The van der Waals surface area contributed by atoms with Crippen LogP contribution in [0.3, 0.4) is 0 Å². The lowest BCUT2D eigenvalue weighted by Crippen LogP contribution is -2.46. The maximum Gasteiger partial charge on any atom is 0.405 e. The molecule has 3 aromatic heterocycles. The molecule has 0 saturated heterocycles. The van der Waals surface area contributed by atoms with Crippen LogP contribution in [0.5, 0.6) is 0 Å². The van der Waals surface area contributed by atoms with Gasteiger partial charge in [0.05, 0.1) is 5.02 Å². The predicted molar refractivity (Wildman–Crippen MR) is 103 cm³/mol. The molecule has 1 amide bonds. The van der Waals surface area contributed by atoms with Crippen LogP contribution in [0.1, 0.15) is 13.8 Å². The molecule has 7 nitrogen and oxygen atoms in total. The van der Waals surface area contributed by atoms with Crippen LogP contribution < -0.4 is 10.6 Å². The Kier molecular flexibility index (Phi) is 5.92. The fourth-order valence-electron chi connectivity index (χ4n) is 2.72. The monoisotopic (exact) mass is 426 g/mol. The van der Waals surface area contributed by atoms with Gasteiger partial charge in [-0.25, -0.2) is 15.0 Å². The minimum atomic E-state index is -4.48. The van der Waals surface area contributed by atoms with Gasteiger partial charge >= 0.3 is 6.18 Å². The number of pyridine rings is 1. The van der Waals surface area contributed by atoms with Crippen LogP contribution in [0, 0.1) is 5.92 Å². The molecule has 0 aliphatic heterocycles. The molecular formula is C18H18ClF3N6O. The number of alkyl halides is 3. The first-order valence-corrected chi connectivity index (χ1v) is 9.09. The molecule has 3 aromatic rings. The third-order valence-corrected chi connectivity index (χ3v) is 4.32. The van der Waals surface area contributed by atoms with Crippen LogP contribution in [0.25, 0.3) is 22.4 Å². The Morgan fingerprint density at radius 2 is 2.07 bits per heavy atom. The molecule has 3 heterocycles. The quantitative estimate of drug-likeness (QED) is 0.557. The van der Waals surface area contributed by atoms with Gasteiger partial charge < -0.3 is 15.6 Å². The number of carbonyl (C=O) groups excluding carboxylic acids is 1. The predicted octanol–water partition coefficient (Wildman–Crippen LogP) is 3.79. The van der Waals surface area contributed by atoms with Gasteiger partial charge in [-0.1, -0.05) is 25.4 Å². The fraction of sp³-hybridized carbons (Fsp3) is 0.333. The number of carbonyl (C=O) groups is 1. The maximum atomic E-state index is 12.4. The molecule has 0 aromatic carbocycles. The summed E-state index contributed by atoms with van der Waals surface area (Å²) in [6.45, 7) is 2.05. The fourth-order valence-corrected chi connectivity index (χ4v) is 2.88. The zero-order chi connectivity index (χ0) is 21.2. The molecule has 0 aliphatic carbocycles. The van der Waals surface area contributed by atoms with Crippen LogP contribution in [-0.4, -0.2) is 44.6 Å². The summed E-state index contributed by atoms with van der Waals surface area (Å²) < 4.78 is 37.2. The molecule has 0 aliphatic rings. The molecule has 0 fully saturated rings. The molecule has 154 valence electrons. The Bertz CT molecular complexity index is 1020. The molecule has 3 rings (SSSR count). The highest BCUT2D eigenvalue weighted by Gasteiger charge is 2.30. The molecule has 1 unspecified atom stereocenters. The van der Waals surface area contributed by atoms with Crippen LogP contribution in [0.2, 0.25) is 5.02 Å². The summed E-state index contributed by atoms with van der Waals surface area (Å²) >= 11 is 6.01. The van der Waals surface area contributed by atoms with E-state index in [9.17, 15) is 18.0 Å². The highest BCUT2D eigenvalue weighted by atomic mass is 35.5. The lowest BCUT2D eigenvalue weighted by molar-refractivity contribution is -0.139. The normalized spacial score (nSPS) is 12.9. The lowest BCUT2D eigenvalue weighted by Gasteiger charge is -2.22. The first-order chi connectivity index (χ1) is 13.6. The smallest absolute Gasteiger partial charge is 0.358 e. The van der Waals surface area contributed by atoms with Gasteiger partial charge in [-0.15, -0.1) is 0 Å². The number of halogens is 4. The zero-order valence-corrected chi connectivity index (χ0v) is 16.3. The minimum Gasteiger partial charge on any atom is -0.358 e. The van der Waals surface area contributed by atoms with E-state index in [0.717, 1.165) is 5.39 Å². The molecule has 0 radical (unpaired) electrons. The van der Waals surface area contributed by atoms with Gasteiger partial charge in [0.2, 0.25) is 5.91 Å². The van der Waals surface area contributed by atoms with Crippen molar-refractivity contribution < 1.29 is 18.0 Å². The van der Waals surface area contributed by atoms with E-state index in [4.69, 9.17) is 11.6 Å². The average Bonchev–Trinajstić information content (AvgIpc) is 3.06. The second kappa shape index (κ2) is 8.24. The Morgan fingerprint density at radius 3 is 2.76 bits per heavy atom. The lowest BCUT2D eigenvalue weighted by atomic mass is 10.0. The summed E-state index contributed by atoms with van der Waals surface area (Å²) in [7, 11) is 0. The number of H-pyrrole nitrogens is 1. The first kappa shape index (κ1) is 20.8. The molecule has 29 heavy (non-hydrogen) atoms. The Balaban J connectivity index is 1.84. The second-order valence-electron chi connectivity index (χ2n) is 6.72. The summed E-state index contributed by atoms with van der Waals surface area (Å²) in [6, 6.07) is 2.36. The van der Waals surface area contributed by atoms with Gasteiger partial charge in [0.25, 0.3) is 0 Å². The third-order valence-electron chi connectivity index (χ3n) is 4.11. The number of nitrogens with zero attached hydrogens (tertiary/aromatic N) is 3. The van der Waals surface area contributed by atoms with Gasteiger partial charge in [-0.05, 0) is 18.1 Å². The summed E-state index contributed by atoms with van der Waals surface area (Å²) in [5.41, 5.74) is 1.26. The number of rotatable bonds is 6. The number of amides is 1. The van der Waals surface area contributed by atoms with Crippen LogP contribution in [0.15, 0.2) is 30.7 Å². The number of aromatic nitrogens is 4. The van der Waals surface area contributed by atoms with Gasteiger partial charge in [0.15, 0.2) is 5.82 Å². The molecule has 0 bridgehead atoms. The van der Waals surface area contributed by atoms with Crippen molar-refractivity contribution in [3.63, 3.8) is 0 Å². The van der Waals surface area contributed by atoms with Crippen molar-refractivity contribution >= 4 is 34.4 Å². The number of hydrogen-bond donors (Lipinski definition) is 3. The van der Waals surface area contributed by atoms with Crippen molar-refractivity contribution in [3.05, 3.63) is 35.7 Å². The Morgan fingerprint density at radius 1 is 1.31 bits per heavy atom. The summed E-state index contributed by atoms with van der Waals surface area (Å²) in [5, 5.41) is 5.97. The van der Waals surface area contributed by atoms with Crippen molar-refractivity contribution in [2.75, 3.05) is 11.9 Å². The highest BCUT2D eigenvalue weighted by Crippen LogP contribution is 2.27. The summed E-state index contributed by atoms with van der Waals surface area (Å²) in [4.78, 5) is 28.0. The largest absolute Gasteiger partial charge is 0.405 e. The topological polar surface area (TPSA) is 95.6 Å². The number of aromatic amines is 1. The van der Waals surface area contributed by atoms with Crippen LogP contribution in [-0.2, 0) is 4.79 Å². The third kappa shape index (κ3) is 5.14. The van der Waals surface area contributed by atoms with Crippen LogP contribution >= 0.6 is 11.6 Å². The summed E-state index contributed by atoms with van der Waals surface area (Å²) in [6.07, 6.45) is 0.204. The number of fused-ring (bicyclic) bond motifs is 1. The van der Waals surface area contributed by atoms with E-state index in [-0.39, 0.29) is 5.92 Å². The van der Waals surface area contributed by atoms with Gasteiger partial charge in [-0.2, -0.15) is 13.2 Å². The Hall–Kier alpha value is -2.88. The zero-order valence-electron chi connectivity index (χ0n) is 15.5. The second-order valence-corrected chi connectivity index (χ2v) is 7.15. The van der Waals surface area contributed by atoms with Crippen LogP contribution in [0.4, 0.5) is 19.0 Å². The molecule has 11 heteroatoms. The van der Waals surface area contributed by atoms with Crippen molar-refractivity contribution in [2.24, 2.45) is 5.92 Å². The molecular weight excluding hydrogens is 409 g/mol. The van der Waals surface area contributed by atoms with Gasteiger partial charge in [0.1, 0.15) is 24.1 Å². The number of nitrogens with one attached hydrogen (secondary N) is 3. The van der Waals surface area contributed by atoms with Crippen molar-refractivity contribution in [2.45, 2.75) is 26.1 Å². The van der Waals surface area contributed by atoms with E-state index in [1.807, 2.05) is 5.32 Å². The highest BCUT2D eigenvalue weighted by molar-refractivity contribution is 6.31. The number of hydrogen-bond acceptors (Lipinski definition) is 5. The molecule has 3 N–H and O–H groups in total. The van der Waals surface area contributed by atoms with E-state index in [1.54, 1.807) is 26.1 Å². The van der Waals surface area contributed by atoms with Crippen molar-refractivity contribution in [1.82, 2.24) is 25.3 Å².